The monoisotopic (exact) mass is 403 g/mol. The van der Waals surface area contributed by atoms with Crippen LogP contribution in [0.3, 0.4) is 0 Å². The third-order valence-electron chi connectivity index (χ3n) is 3.89. The van der Waals surface area contributed by atoms with Crippen molar-refractivity contribution in [3.05, 3.63) is 75.5 Å². The quantitative estimate of drug-likeness (QED) is 0.575. The van der Waals surface area contributed by atoms with Gasteiger partial charge in [-0.2, -0.15) is 0 Å². The smallest absolute Gasteiger partial charge is 0.339 e. The second kappa shape index (κ2) is 7.86. The van der Waals surface area contributed by atoms with Crippen molar-refractivity contribution in [2.45, 2.75) is 6.92 Å². The highest BCUT2D eigenvalue weighted by atomic mass is 35.5. The molecule has 0 fully saturated rings. The van der Waals surface area contributed by atoms with Crippen molar-refractivity contribution in [3.63, 3.8) is 0 Å². The first-order valence-corrected chi connectivity index (χ1v) is 8.70. The number of hydrogen-bond donors (Lipinski definition) is 1. The zero-order valence-electron chi connectivity index (χ0n) is 14.5. The fourth-order valence-electron chi connectivity index (χ4n) is 2.62. The second-order valence-electron chi connectivity index (χ2n) is 5.73. The van der Waals surface area contributed by atoms with Crippen molar-refractivity contribution in [1.82, 2.24) is 0 Å². The summed E-state index contributed by atoms with van der Waals surface area (Å²) in [5, 5.41) is 3.64. The van der Waals surface area contributed by atoms with Crippen molar-refractivity contribution in [3.8, 4) is 11.3 Å². The molecule has 1 aromatic heterocycles. The number of carbonyl (C=O) groups excluding carboxylic acids is 2. The molecule has 27 heavy (non-hydrogen) atoms. The number of para-hydroxylation sites is 1. The van der Waals surface area contributed by atoms with Crippen LogP contribution in [-0.4, -0.2) is 19.0 Å². The lowest BCUT2D eigenvalue weighted by Crippen LogP contribution is -2.15. The van der Waals surface area contributed by atoms with E-state index in [9.17, 15) is 9.59 Å². The number of hydrogen-bond acceptors (Lipinski definition) is 4. The number of halogens is 2. The van der Waals surface area contributed by atoms with Gasteiger partial charge in [0.2, 0.25) is 0 Å². The van der Waals surface area contributed by atoms with Crippen LogP contribution in [0.2, 0.25) is 10.0 Å². The standard InChI is InChI=1S/C20H15Cl2NO4/c1-11-16(10-18(27-11)12-7-13(21)9-14(22)8-12)19(24)23-17-6-4-3-5-15(17)20(25)26-2/h3-10H,1-2H3,(H,23,24). The minimum absolute atomic E-state index is 0.261. The molecule has 0 aliphatic rings. The number of anilines is 1. The average molecular weight is 404 g/mol. The third-order valence-corrected chi connectivity index (χ3v) is 4.33. The van der Waals surface area contributed by atoms with Gasteiger partial charge in [-0.1, -0.05) is 35.3 Å². The van der Waals surface area contributed by atoms with Gasteiger partial charge >= 0.3 is 5.97 Å². The summed E-state index contributed by atoms with van der Waals surface area (Å²) in [6.45, 7) is 1.68. The van der Waals surface area contributed by atoms with E-state index >= 15 is 0 Å². The second-order valence-corrected chi connectivity index (χ2v) is 6.60. The number of benzene rings is 2. The van der Waals surface area contributed by atoms with E-state index in [1.165, 1.54) is 7.11 Å². The van der Waals surface area contributed by atoms with Crippen LogP contribution in [0, 0.1) is 6.92 Å². The van der Waals surface area contributed by atoms with Gasteiger partial charge in [-0.25, -0.2) is 4.79 Å². The molecule has 0 bridgehead atoms. The largest absolute Gasteiger partial charge is 0.465 e. The molecule has 3 aromatic rings. The first-order valence-electron chi connectivity index (χ1n) is 7.94. The predicted molar refractivity (Wildman–Crippen MR) is 105 cm³/mol. The number of aryl methyl sites for hydroxylation is 1. The zero-order valence-corrected chi connectivity index (χ0v) is 16.0. The van der Waals surface area contributed by atoms with Gasteiger partial charge in [-0.05, 0) is 43.3 Å². The van der Waals surface area contributed by atoms with Crippen molar-refractivity contribution in [2.24, 2.45) is 0 Å². The summed E-state index contributed by atoms with van der Waals surface area (Å²) in [6.07, 6.45) is 0. The Hall–Kier alpha value is -2.76. The van der Waals surface area contributed by atoms with Crippen LogP contribution < -0.4 is 5.32 Å². The van der Waals surface area contributed by atoms with E-state index in [1.54, 1.807) is 55.5 Å². The fraction of sp³-hybridized carbons (Fsp3) is 0.100. The Balaban J connectivity index is 1.91. The summed E-state index contributed by atoms with van der Waals surface area (Å²) in [6, 6.07) is 13.2. The predicted octanol–water partition coefficient (Wildman–Crippen LogP) is 5.60. The van der Waals surface area contributed by atoms with Crippen LogP contribution in [0.1, 0.15) is 26.5 Å². The summed E-state index contributed by atoms with van der Waals surface area (Å²) in [4.78, 5) is 24.6. The van der Waals surface area contributed by atoms with Gasteiger partial charge in [0.1, 0.15) is 11.5 Å². The molecule has 1 heterocycles. The highest BCUT2D eigenvalue weighted by Crippen LogP contribution is 2.31. The number of rotatable bonds is 4. The number of ether oxygens (including phenoxy) is 1. The molecule has 1 N–H and O–H groups in total. The van der Waals surface area contributed by atoms with Crippen molar-refractivity contribution in [2.75, 3.05) is 12.4 Å². The Morgan fingerprint density at radius 1 is 1.00 bits per heavy atom. The minimum Gasteiger partial charge on any atom is -0.465 e. The molecule has 138 valence electrons. The van der Waals surface area contributed by atoms with Crippen LogP contribution in [0.4, 0.5) is 5.69 Å². The molecular weight excluding hydrogens is 389 g/mol. The van der Waals surface area contributed by atoms with Gasteiger partial charge in [-0.15, -0.1) is 0 Å². The maximum atomic E-state index is 12.7. The Kier molecular flexibility index (Phi) is 5.54. The lowest BCUT2D eigenvalue weighted by atomic mass is 10.1. The molecule has 0 unspecified atom stereocenters. The number of nitrogens with one attached hydrogen (secondary N) is 1. The molecule has 0 spiro atoms. The van der Waals surface area contributed by atoms with Crippen molar-refractivity contribution >= 4 is 40.8 Å². The highest BCUT2D eigenvalue weighted by molar-refractivity contribution is 6.35. The van der Waals surface area contributed by atoms with Gasteiger partial charge in [0.25, 0.3) is 5.91 Å². The molecule has 0 atom stereocenters. The number of furan rings is 1. The molecule has 0 aliphatic carbocycles. The van der Waals surface area contributed by atoms with E-state index in [4.69, 9.17) is 32.4 Å². The molecule has 2 aromatic carbocycles. The Labute approximate surface area is 165 Å². The van der Waals surface area contributed by atoms with Crippen LogP contribution in [-0.2, 0) is 4.74 Å². The molecule has 7 heteroatoms. The maximum Gasteiger partial charge on any atom is 0.339 e. The van der Waals surface area contributed by atoms with E-state index in [0.717, 1.165) is 0 Å². The highest BCUT2D eigenvalue weighted by Gasteiger charge is 2.19. The van der Waals surface area contributed by atoms with Crippen LogP contribution >= 0.6 is 23.2 Å². The van der Waals surface area contributed by atoms with Gasteiger partial charge < -0.3 is 14.5 Å². The molecule has 5 nitrogen and oxygen atoms in total. The van der Waals surface area contributed by atoms with Gasteiger partial charge in [0, 0.05) is 15.6 Å². The van der Waals surface area contributed by atoms with E-state index in [0.29, 0.717) is 38.4 Å². The van der Waals surface area contributed by atoms with E-state index in [2.05, 4.69) is 5.32 Å². The Morgan fingerprint density at radius 3 is 2.33 bits per heavy atom. The molecule has 0 radical (unpaired) electrons. The molecular formula is C20H15Cl2NO4. The molecule has 3 rings (SSSR count). The van der Waals surface area contributed by atoms with Crippen LogP contribution in [0.25, 0.3) is 11.3 Å². The van der Waals surface area contributed by atoms with Crippen LogP contribution in [0.15, 0.2) is 52.9 Å². The summed E-state index contributed by atoms with van der Waals surface area (Å²) < 4.78 is 10.4. The molecule has 0 aliphatic heterocycles. The van der Waals surface area contributed by atoms with E-state index in [-0.39, 0.29) is 5.56 Å². The van der Waals surface area contributed by atoms with E-state index < -0.39 is 11.9 Å². The molecule has 1 amide bonds. The van der Waals surface area contributed by atoms with Crippen LogP contribution in [0.5, 0.6) is 0 Å². The zero-order chi connectivity index (χ0) is 19.6. The summed E-state index contributed by atoms with van der Waals surface area (Å²) in [5.74, 6) is -0.0616. The topological polar surface area (TPSA) is 68.5 Å². The first kappa shape index (κ1) is 19.0. The normalized spacial score (nSPS) is 10.5. The average Bonchev–Trinajstić information content (AvgIpc) is 3.02. The summed E-state index contributed by atoms with van der Waals surface area (Å²) >= 11 is 12.1. The van der Waals surface area contributed by atoms with Gasteiger partial charge in [0.15, 0.2) is 0 Å². The maximum absolute atomic E-state index is 12.7. The fourth-order valence-corrected chi connectivity index (χ4v) is 3.14. The number of esters is 1. The van der Waals surface area contributed by atoms with Gasteiger partial charge in [-0.3, -0.25) is 4.79 Å². The van der Waals surface area contributed by atoms with Crippen molar-refractivity contribution < 1.29 is 18.7 Å². The lowest BCUT2D eigenvalue weighted by Gasteiger charge is -2.08. The number of amides is 1. The molecule has 0 saturated carbocycles. The summed E-state index contributed by atoms with van der Waals surface area (Å²) in [5.41, 5.74) is 1.60. The first-order chi connectivity index (χ1) is 12.9. The number of methoxy groups -OCH3 is 1. The third kappa shape index (κ3) is 4.15. The van der Waals surface area contributed by atoms with Crippen molar-refractivity contribution in [1.29, 1.82) is 0 Å². The SMILES string of the molecule is COC(=O)c1ccccc1NC(=O)c1cc(-c2cc(Cl)cc(Cl)c2)oc1C. The Bertz CT molecular complexity index is 1010. The summed E-state index contributed by atoms with van der Waals surface area (Å²) in [7, 11) is 1.28. The number of carbonyl (C=O) groups is 2. The van der Waals surface area contributed by atoms with E-state index in [1.807, 2.05) is 0 Å². The Morgan fingerprint density at radius 2 is 1.67 bits per heavy atom. The lowest BCUT2D eigenvalue weighted by molar-refractivity contribution is 0.0602. The molecule has 0 saturated heterocycles. The minimum atomic E-state index is -0.538. The van der Waals surface area contributed by atoms with Gasteiger partial charge in [0.05, 0.1) is 23.9 Å².